The molecule has 1 rings (SSSR count). The van der Waals surface area contributed by atoms with Crippen molar-refractivity contribution in [2.24, 2.45) is 0 Å². The van der Waals surface area contributed by atoms with Crippen molar-refractivity contribution in [1.29, 1.82) is 0 Å². The molecular formula is C7H2Br4O4. The van der Waals surface area contributed by atoms with Gasteiger partial charge in [-0.15, -0.1) is 0 Å². The first-order valence-corrected chi connectivity index (χ1v) is 6.35. The standard InChI is InChI=1S/C7H2Br4O4/c8-2-1(7(13)14)5(12)6(15-11)4(10)3(2)9/h12H,(H,13,14). The molecule has 0 saturated heterocycles. The first-order valence-electron chi connectivity index (χ1n) is 3.33. The summed E-state index contributed by atoms with van der Waals surface area (Å²) in [4.78, 5) is 10.9. The van der Waals surface area contributed by atoms with Crippen molar-refractivity contribution >= 4 is 70.0 Å². The molecule has 1 aromatic rings. The highest BCUT2D eigenvalue weighted by molar-refractivity contribution is 9.14. The molecule has 0 heterocycles. The second kappa shape index (κ2) is 5.03. The van der Waals surface area contributed by atoms with Crippen molar-refractivity contribution in [3.8, 4) is 11.5 Å². The average Bonchev–Trinajstić information content (AvgIpc) is 2.15. The van der Waals surface area contributed by atoms with Crippen LogP contribution >= 0.6 is 64.0 Å². The van der Waals surface area contributed by atoms with Gasteiger partial charge >= 0.3 is 5.97 Å². The molecule has 2 N–H and O–H groups in total. The van der Waals surface area contributed by atoms with Crippen LogP contribution in [0, 0.1) is 0 Å². The van der Waals surface area contributed by atoms with Crippen LogP contribution in [0.5, 0.6) is 11.5 Å². The van der Waals surface area contributed by atoms with Crippen LogP contribution in [-0.2, 0) is 0 Å². The van der Waals surface area contributed by atoms with E-state index in [1.165, 1.54) is 0 Å². The molecule has 0 amide bonds. The monoisotopic (exact) mass is 466 g/mol. The van der Waals surface area contributed by atoms with E-state index in [4.69, 9.17) is 8.93 Å². The Morgan fingerprint density at radius 1 is 1.13 bits per heavy atom. The minimum atomic E-state index is -1.27. The van der Waals surface area contributed by atoms with Crippen LogP contribution in [0.4, 0.5) is 0 Å². The van der Waals surface area contributed by atoms with Gasteiger partial charge in [-0.25, -0.2) is 4.79 Å². The smallest absolute Gasteiger partial charge is 0.340 e. The summed E-state index contributed by atoms with van der Waals surface area (Å²) < 4.78 is 5.77. The molecule has 0 fully saturated rings. The lowest BCUT2D eigenvalue weighted by molar-refractivity contribution is 0.0692. The number of rotatable bonds is 2. The van der Waals surface area contributed by atoms with Crippen LogP contribution in [0.1, 0.15) is 10.4 Å². The van der Waals surface area contributed by atoms with Gasteiger partial charge in [0.15, 0.2) is 27.8 Å². The Labute approximate surface area is 118 Å². The number of benzene rings is 1. The van der Waals surface area contributed by atoms with Crippen LogP contribution in [0.3, 0.4) is 0 Å². The van der Waals surface area contributed by atoms with E-state index < -0.39 is 11.7 Å². The van der Waals surface area contributed by atoms with Crippen LogP contribution < -0.4 is 3.83 Å². The zero-order valence-corrected chi connectivity index (χ0v) is 13.1. The fourth-order valence-corrected chi connectivity index (χ4v) is 3.09. The summed E-state index contributed by atoms with van der Waals surface area (Å²) in [6, 6.07) is 0. The van der Waals surface area contributed by atoms with E-state index in [0.29, 0.717) is 8.95 Å². The SMILES string of the molecule is O=C(O)c1c(O)c(OBr)c(Br)c(Br)c1Br. The number of aromatic hydroxyl groups is 1. The van der Waals surface area contributed by atoms with Gasteiger partial charge in [-0.1, -0.05) is 0 Å². The summed E-state index contributed by atoms with van der Waals surface area (Å²) in [5.41, 5.74) is -0.278. The van der Waals surface area contributed by atoms with E-state index in [0.717, 1.165) is 0 Å². The number of hydrogen-bond donors (Lipinski definition) is 2. The molecule has 0 aliphatic carbocycles. The number of hydrogen-bond acceptors (Lipinski definition) is 3. The number of carboxylic acids is 1. The quantitative estimate of drug-likeness (QED) is 0.641. The summed E-state index contributed by atoms with van der Waals surface area (Å²) in [5, 5.41) is 18.5. The lowest BCUT2D eigenvalue weighted by atomic mass is 10.2. The van der Waals surface area contributed by atoms with E-state index in [2.05, 4.69) is 64.0 Å². The van der Waals surface area contributed by atoms with Crippen molar-refractivity contribution in [3.05, 3.63) is 19.0 Å². The van der Waals surface area contributed by atoms with Gasteiger partial charge in [-0.2, -0.15) is 0 Å². The highest BCUT2D eigenvalue weighted by Crippen LogP contribution is 2.47. The molecule has 0 aromatic heterocycles. The van der Waals surface area contributed by atoms with Crippen LogP contribution in [0.15, 0.2) is 13.4 Å². The maximum absolute atomic E-state index is 10.9. The van der Waals surface area contributed by atoms with Crippen LogP contribution in [0.2, 0.25) is 0 Å². The molecule has 0 bridgehead atoms. The van der Waals surface area contributed by atoms with Crippen molar-refractivity contribution in [3.63, 3.8) is 0 Å². The fourth-order valence-electron chi connectivity index (χ4n) is 0.893. The predicted octanol–water partition coefficient (Wildman–Crippen LogP) is 4.07. The number of carbonyl (C=O) groups is 1. The molecule has 1 aromatic carbocycles. The maximum Gasteiger partial charge on any atom is 0.340 e. The number of aromatic carboxylic acids is 1. The Morgan fingerprint density at radius 3 is 2.07 bits per heavy atom. The van der Waals surface area contributed by atoms with E-state index in [-0.39, 0.29) is 15.8 Å². The molecule has 0 atom stereocenters. The Morgan fingerprint density at radius 2 is 1.67 bits per heavy atom. The van der Waals surface area contributed by atoms with Gasteiger partial charge in [0, 0.05) is 0 Å². The summed E-state index contributed by atoms with van der Waals surface area (Å²) in [6.07, 6.45) is 0. The van der Waals surface area contributed by atoms with Crippen molar-refractivity contribution in [2.45, 2.75) is 0 Å². The molecule has 0 saturated carbocycles. The van der Waals surface area contributed by atoms with Crippen molar-refractivity contribution < 1.29 is 18.8 Å². The van der Waals surface area contributed by atoms with Gasteiger partial charge in [0.1, 0.15) is 5.56 Å². The predicted molar refractivity (Wildman–Crippen MR) is 67.7 cm³/mol. The molecule has 15 heavy (non-hydrogen) atoms. The van der Waals surface area contributed by atoms with E-state index in [1.54, 1.807) is 0 Å². The van der Waals surface area contributed by atoms with Gasteiger partial charge in [-0.3, -0.25) is 0 Å². The molecule has 0 spiro atoms. The largest absolute Gasteiger partial charge is 0.504 e. The second-order valence-corrected chi connectivity index (χ2v) is 5.08. The zero-order chi connectivity index (χ0) is 11.7. The Balaban J connectivity index is 3.68. The molecule has 0 aliphatic rings. The van der Waals surface area contributed by atoms with Crippen LogP contribution in [-0.4, -0.2) is 16.2 Å². The van der Waals surface area contributed by atoms with E-state index >= 15 is 0 Å². The molecule has 82 valence electrons. The number of phenols is 1. The normalized spacial score (nSPS) is 10.1. The summed E-state index contributed by atoms with van der Waals surface area (Å²) in [7, 11) is 0. The first-order chi connectivity index (χ1) is 6.91. The van der Waals surface area contributed by atoms with E-state index in [9.17, 15) is 9.90 Å². The number of halogens is 4. The third-order valence-corrected chi connectivity index (χ3v) is 5.28. The minimum absolute atomic E-state index is 0.0116. The second-order valence-electron chi connectivity index (χ2n) is 2.38. The molecule has 0 unspecified atom stereocenters. The molecule has 8 heteroatoms. The highest BCUT2D eigenvalue weighted by Gasteiger charge is 2.25. The van der Waals surface area contributed by atoms with Crippen molar-refractivity contribution in [1.82, 2.24) is 0 Å². The van der Waals surface area contributed by atoms with Gasteiger partial charge < -0.3 is 14.0 Å². The summed E-state index contributed by atoms with van der Waals surface area (Å²) in [5.74, 6) is -1.75. The Kier molecular flexibility index (Phi) is 4.45. The van der Waals surface area contributed by atoms with Crippen molar-refractivity contribution in [2.75, 3.05) is 0 Å². The summed E-state index contributed by atoms with van der Waals surface area (Å²) in [6.45, 7) is 0. The molecular weight excluding hydrogens is 468 g/mol. The molecule has 0 radical (unpaired) electrons. The first kappa shape index (κ1) is 13.3. The van der Waals surface area contributed by atoms with Gasteiger partial charge in [0.2, 0.25) is 0 Å². The lowest BCUT2D eigenvalue weighted by Gasteiger charge is -2.11. The third-order valence-electron chi connectivity index (χ3n) is 1.55. The zero-order valence-electron chi connectivity index (χ0n) is 6.72. The van der Waals surface area contributed by atoms with Gasteiger partial charge in [0.05, 0.1) is 13.4 Å². The minimum Gasteiger partial charge on any atom is -0.504 e. The maximum atomic E-state index is 10.9. The van der Waals surface area contributed by atoms with Gasteiger partial charge in [0.25, 0.3) is 0 Å². The van der Waals surface area contributed by atoms with Gasteiger partial charge in [-0.05, 0) is 47.8 Å². The molecule has 4 nitrogen and oxygen atoms in total. The lowest BCUT2D eigenvalue weighted by Crippen LogP contribution is -2.00. The van der Waals surface area contributed by atoms with Crippen LogP contribution in [0.25, 0.3) is 0 Å². The highest BCUT2D eigenvalue weighted by atomic mass is 79.9. The summed E-state index contributed by atoms with van der Waals surface area (Å²) >= 11 is 12.0. The fraction of sp³-hybridized carbons (Fsp3) is 0. The Bertz CT molecular complexity index is 432. The Hall–Kier alpha value is 0.210. The molecule has 0 aliphatic heterocycles. The average molecular weight is 470 g/mol. The van der Waals surface area contributed by atoms with E-state index in [1.807, 2.05) is 0 Å². The number of carboxylic acid groups (broad SMARTS) is 1. The topological polar surface area (TPSA) is 66.8 Å². The third kappa shape index (κ3) is 2.32.